The minimum atomic E-state index is -1.18. The van der Waals surface area contributed by atoms with Gasteiger partial charge in [-0.15, -0.1) is 0 Å². The Kier molecular flexibility index (Phi) is 2.58. The monoisotopic (exact) mass is 299 g/mol. The Hall–Kier alpha value is -1.96. The van der Waals surface area contributed by atoms with Gasteiger partial charge in [-0.05, 0) is 22.9 Å². The van der Waals surface area contributed by atoms with E-state index >= 15 is 0 Å². The fraction of sp³-hybridized carbons (Fsp3) is 0.111. The van der Waals surface area contributed by atoms with Gasteiger partial charge in [0.1, 0.15) is 0 Å². The molecule has 0 spiro atoms. The first-order valence-corrected chi connectivity index (χ1v) is 5.27. The number of halogens is 1. The Balaban J connectivity index is 2.94. The Bertz CT molecular complexity index is 649. The Morgan fingerprint density at radius 2 is 2.29 bits per heavy atom. The highest BCUT2D eigenvalue weighted by atomic mass is 79.9. The summed E-state index contributed by atoms with van der Waals surface area (Å²) in [6.45, 7) is 1.49. The number of pyridine rings is 1. The largest absolute Gasteiger partial charge is 0.477 e. The number of carboxylic acids is 1. The predicted octanol–water partition coefficient (Wildman–Crippen LogP) is 2.01. The van der Waals surface area contributed by atoms with Crippen molar-refractivity contribution in [2.75, 3.05) is 0 Å². The van der Waals surface area contributed by atoms with Gasteiger partial charge in [-0.2, -0.15) is 0 Å². The summed E-state index contributed by atoms with van der Waals surface area (Å²) in [6, 6.07) is 1.29. The number of nitro groups is 1. The first-order valence-electron chi connectivity index (χ1n) is 4.47. The Labute approximate surface area is 103 Å². The van der Waals surface area contributed by atoms with Gasteiger partial charge in [0.25, 0.3) is 0 Å². The SMILES string of the molecule is Cc1nc2c([N+](=O)[O-])cc(Br)cn2c1C(=O)O. The van der Waals surface area contributed by atoms with Crippen LogP contribution in [0, 0.1) is 17.0 Å². The zero-order valence-corrected chi connectivity index (χ0v) is 10.1. The minimum absolute atomic E-state index is 0.0214. The fourth-order valence-electron chi connectivity index (χ4n) is 1.60. The van der Waals surface area contributed by atoms with E-state index in [9.17, 15) is 14.9 Å². The van der Waals surface area contributed by atoms with E-state index in [0.29, 0.717) is 4.47 Å². The fourth-order valence-corrected chi connectivity index (χ4v) is 2.02. The molecule has 2 aromatic heterocycles. The summed E-state index contributed by atoms with van der Waals surface area (Å²) in [5.74, 6) is -1.18. The second kappa shape index (κ2) is 3.81. The van der Waals surface area contributed by atoms with E-state index in [1.165, 1.54) is 23.6 Å². The highest BCUT2D eigenvalue weighted by Gasteiger charge is 2.22. The van der Waals surface area contributed by atoms with E-state index in [-0.39, 0.29) is 22.7 Å². The van der Waals surface area contributed by atoms with Crippen LogP contribution in [0.3, 0.4) is 0 Å². The number of rotatable bonds is 2. The van der Waals surface area contributed by atoms with Crippen molar-refractivity contribution >= 4 is 33.2 Å². The van der Waals surface area contributed by atoms with E-state index in [2.05, 4.69) is 20.9 Å². The topological polar surface area (TPSA) is 97.7 Å². The molecule has 2 heterocycles. The Morgan fingerprint density at radius 1 is 1.65 bits per heavy atom. The molecule has 0 radical (unpaired) electrons. The van der Waals surface area contributed by atoms with Gasteiger partial charge in [-0.3, -0.25) is 14.5 Å². The number of carboxylic acid groups (broad SMARTS) is 1. The minimum Gasteiger partial charge on any atom is -0.477 e. The number of carbonyl (C=O) groups is 1. The molecule has 88 valence electrons. The second-order valence-electron chi connectivity index (χ2n) is 3.35. The zero-order chi connectivity index (χ0) is 12.7. The van der Waals surface area contributed by atoms with E-state index < -0.39 is 10.9 Å². The molecule has 0 aliphatic rings. The van der Waals surface area contributed by atoms with Gasteiger partial charge in [0.15, 0.2) is 5.69 Å². The molecule has 2 aromatic rings. The maximum atomic E-state index is 11.0. The van der Waals surface area contributed by atoms with E-state index in [1.54, 1.807) is 0 Å². The normalized spacial score (nSPS) is 10.7. The maximum absolute atomic E-state index is 11.0. The molecule has 0 aliphatic heterocycles. The summed E-state index contributed by atoms with van der Waals surface area (Å²) in [6.07, 6.45) is 1.44. The Morgan fingerprint density at radius 3 is 2.82 bits per heavy atom. The van der Waals surface area contributed by atoms with Crippen LogP contribution < -0.4 is 0 Å². The van der Waals surface area contributed by atoms with Crippen molar-refractivity contribution in [3.63, 3.8) is 0 Å². The van der Waals surface area contributed by atoms with Crippen LogP contribution in [0.4, 0.5) is 5.69 Å². The van der Waals surface area contributed by atoms with E-state index in [4.69, 9.17) is 5.11 Å². The molecule has 0 aromatic carbocycles. The molecule has 0 saturated carbocycles. The van der Waals surface area contributed by atoms with Crippen LogP contribution in [0.1, 0.15) is 16.2 Å². The quantitative estimate of drug-likeness (QED) is 0.675. The van der Waals surface area contributed by atoms with E-state index in [0.717, 1.165) is 0 Å². The van der Waals surface area contributed by atoms with Gasteiger partial charge in [-0.25, -0.2) is 9.78 Å². The molecule has 0 fully saturated rings. The second-order valence-corrected chi connectivity index (χ2v) is 4.26. The lowest BCUT2D eigenvalue weighted by molar-refractivity contribution is -0.383. The first-order chi connectivity index (χ1) is 7.91. The molecule has 8 heteroatoms. The number of hydrogen-bond acceptors (Lipinski definition) is 4. The average Bonchev–Trinajstić information content (AvgIpc) is 2.52. The van der Waals surface area contributed by atoms with Crippen molar-refractivity contribution in [2.24, 2.45) is 0 Å². The number of aryl methyl sites for hydroxylation is 1. The molecule has 0 bridgehead atoms. The van der Waals surface area contributed by atoms with Crippen molar-refractivity contribution in [3.8, 4) is 0 Å². The molecule has 0 saturated heterocycles. The summed E-state index contributed by atoms with van der Waals surface area (Å²) in [5, 5.41) is 19.9. The third-order valence-electron chi connectivity index (χ3n) is 2.24. The summed E-state index contributed by atoms with van der Waals surface area (Å²) >= 11 is 3.10. The van der Waals surface area contributed by atoms with Crippen LogP contribution in [-0.4, -0.2) is 25.4 Å². The predicted molar refractivity (Wildman–Crippen MR) is 61.2 cm³/mol. The van der Waals surface area contributed by atoms with Crippen molar-refractivity contribution in [3.05, 3.63) is 38.2 Å². The van der Waals surface area contributed by atoms with Gasteiger partial charge >= 0.3 is 11.7 Å². The lowest BCUT2D eigenvalue weighted by atomic mass is 10.3. The molecule has 0 aliphatic carbocycles. The van der Waals surface area contributed by atoms with Gasteiger partial charge < -0.3 is 5.11 Å². The number of aromatic nitrogens is 2. The number of aromatic carboxylic acids is 1. The smallest absolute Gasteiger partial charge is 0.354 e. The lowest BCUT2D eigenvalue weighted by Gasteiger charge is -1.99. The molecule has 2 rings (SSSR count). The standard InChI is InChI=1S/C9H6BrN3O4/c1-4-7(9(14)15)12-3-5(10)2-6(13(16)17)8(12)11-4/h2-3H,1H3,(H,14,15). The number of imidazole rings is 1. The molecular formula is C9H6BrN3O4. The zero-order valence-electron chi connectivity index (χ0n) is 8.55. The maximum Gasteiger partial charge on any atom is 0.354 e. The van der Waals surface area contributed by atoms with Crippen molar-refractivity contribution in [2.45, 2.75) is 6.92 Å². The molecule has 17 heavy (non-hydrogen) atoms. The van der Waals surface area contributed by atoms with Crippen molar-refractivity contribution < 1.29 is 14.8 Å². The van der Waals surface area contributed by atoms with Crippen LogP contribution in [0.25, 0.3) is 5.65 Å². The van der Waals surface area contributed by atoms with E-state index in [1.807, 2.05) is 0 Å². The first kappa shape index (κ1) is 11.5. The number of fused-ring (bicyclic) bond motifs is 1. The number of hydrogen-bond donors (Lipinski definition) is 1. The summed E-state index contributed by atoms with van der Waals surface area (Å²) in [7, 11) is 0. The molecule has 0 amide bonds. The highest BCUT2D eigenvalue weighted by Crippen LogP contribution is 2.26. The summed E-state index contributed by atoms with van der Waals surface area (Å²) in [4.78, 5) is 25.2. The van der Waals surface area contributed by atoms with Gasteiger partial charge in [0.2, 0.25) is 5.65 Å². The average molecular weight is 300 g/mol. The van der Waals surface area contributed by atoms with Gasteiger partial charge in [0.05, 0.1) is 10.6 Å². The number of nitrogens with zero attached hydrogens (tertiary/aromatic N) is 3. The van der Waals surface area contributed by atoms with Crippen molar-refractivity contribution in [1.82, 2.24) is 9.38 Å². The van der Waals surface area contributed by atoms with Crippen molar-refractivity contribution in [1.29, 1.82) is 0 Å². The third kappa shape index (κ3) is 1.76. The van der Waals surface area contributed by atoms with Crippen LogP contribution in [-0.2, 0) is 0 Å². The van der Waals surface area contributed by atoms with Gasteiger partial charge in [0, 0.05) is 16.7 Å². The molecule has 7 nitrogen and oxygen atoms in total. The molecule has 1 N–H and O–H groups in total. The van der Waals surface area contributed by atoms with Crippen LogP contribution in [0.2, 0.25) is 0 Å². The molecule has 0 unspecified atom stereocenters. The highest BCUT2D eigenvalue weighted by molar-refractivity contribution is 9.10. The third-order valence-corrected chi connectivity index (χ3v) is 2.67. The molecule has 0 atom stereocenters. The van der Waals surface area contributed by atoms with Crippen LogP contribution in [0.5, 0.6) is 0 Å². The van der Waals surface area contributed by atoms with Gasteiger partial charge in [-0.1, -0.05) is 0 Å². The lowest BCUT2D eigenvalue weighted by Crippen LogP contribution is -2.04. The van der Waals surface area contributed by atoms with Crippen LogP contribution >= 0.6 is 15.9 Å². The van der Waals surface area contributed by atoms with Crippen LogP contribution in [0.15, 0.2) is 16.7 Å². The summed E-state index contributed by atoms with van der Waals surface area (Å²) < 4.78 is 1.61. The summed E-state index contributed by atoms with van der Waals surface area (Å²) in [5.41, 5.74) is -0.0637. The molecular weight excluding hydrogens is 294 g/mol.